The van der Waals surface area contributed by atoms with Gasteiger partial charge in [0.25, 0.3) is 0 Å². The number of aromatic nitrogens is 2. The van der Waals surface area contributed by atoms with Gasteiger partial charge in [0.1, 0.15) is 12.4 Å². The van der Waals surface area contributed by atoms with Gasteiger partial charge in [0.2, 0.25) is 5.95 Å². The number of hydrogen-bond acceptors (Lipinski definition) is 5. The van der Waals surface area contributed by atoms with Crippen molar-refractivity contribution in [3.8, 4) is 5.75 Å². The Kier molecular flexibility index (Phi) is 5.60. The van der Waals surface area contributed by atoms with Gasteiger partial charge in [0.05, 0.1) is 0 Å². The first-order valence-electron chi connectivity index (χ1n) is 9.37. The molecule has 0 saturated carbocycles. The fourth-order valence-corrected chi connectivity index (χ4v) is 3.25. The molecule has 2 aromatic carbocycles. The third kappa shape index (κ3) is 4.83. The Morgan fingerprint density at radius 3 is 2.15 bits per heavy atom. The summed E-state index contributed by atoms with van der Waals surface area (Å²) < 4.78 is 5.87. The van der Waals surface area contributed by atoms with E-state index in [-0.39, 0.29) is 0 Å². The van der Waals surface area contributed by atoms with Crippen LogP contribution in [0.2, 0.25) is 0 Å². The van der Waals surface area contributed by atoms with Gasteiger partial charge in [-0.25, -0.2) is 9.97 Å². The van der Waals surface area contributed by atoms with E-state index in [0.29, 0.717) is 6.61 Å². The van der Waals surface area contributed by atoms with Gasteiger partial charge < -0.3 is 9.64 Å². The lowest BCUT2D eigenvalue weighted by atomic mass is 10.2. The first kappa shape index (κ1) is 17.5. The van der Waals surface area contributed by atoms with E-state index in [9.17, 15) is 0 Å². The third-order valence-electron chi connectivity index (χ3n) is 4.79. The van der Waals surface area contributed by atoms with Crippen molar-refractivity contribution in [2.45, 2.75) is 13.2 Å². The second-order valence-corrected chi connectivity index (χ2v) is 6.73. The Morgan fingerprint density at radius 2 is 1.44 bits per heavy atom. The molecule has 27 heavy (non-hydrogen) atoms. The van der Waals surface area contributed by atoms with Crippen LogP contribution in [0.1, 0.15) is 11.1 Å². The van der Waals surface area contributed by atoms with Crippen molar-refractivity contribution >= 4 is 5.95 Å². The van der Waals surface area contributed by atoms with E-state index < -0.39 is 0 Å². The maximum Gasteiger partial charge on any atom is 0.225 e. The predicted octanol–water partition coefficient (Wildman–Crippen LogP) is 3.38. The zero-order chi connectivity index (χ0) is 18.3. The molecule has 0 radical (unpaired) electrons. The first-order valence-corrected chi connectivity index (χ1v) is 9.37. The minimum Gasteiger partial charge on any atom is -0.489 e. The van der Waals surface area contributed by atoms with E-state index in [4.69, 9.17) is 4.74 Å². The van der Waals surface area contributed by atoms with Crippen LogP contribution < -0.4 is 9.64 Å². The van der Waals surface area contributed by atoms with Gasteiger partial charge in [-0.15, -0.1) is 0 Å². The molecule has 5 heteroatoms. The molecule has 0 amide bonds. The predicted molar refractivity (Wildman–Crippen MR) is 107 cm³/mol. The van der Waals surface area contributed by atoms with Gasteiger partial charge >= 0.3 is 0 Å². The highest BCUT2D eigenvalue weighted by Crippen LogP contribution is 2.17. The molecule has 0 spiro atoms. The van der Waals surface area contributed by atoms with Crippen LogP contribution in [0, 0.1) is 0 Å². The van der Waals surface area contributed by atoms with Crippen LogP contribution in [0.25, 0.3) is 0 Å². The Bertz CT molecular complexity index is 816. The van der Waals surface area contributed by atoms with Crippen LogP contribution in [0.5, 0.6) is 5.75 Å². The van der Waals surface area contributed by atoms with Gasteiger partial charge in [-0.2, -0.15) is 0 Å². The molecule has 1 saturated heterocycles. The van der Waals surface area contributed by atoms with E-state index in [1.165, 1.54) is 11.1 Å². The maximum atomic E-state index is 5.87. The van der Waals surface area contributed by atoms with E-state index in [1.807, 2.05) is 24.3 Å². The fraction of sp³-hybridized carbons (Fsp3) is 0.273. The summed E-state index contributed by atoms with van der Waals surface area (Å²) in [5.41, 5.74) is 2.49. The monoisotopic (exact) mass is 360 g/mol. The Morgan fingerprint density at radius 1 is 0.741 bits per heavy atom. The molecule has 5 nitrogen and oxygen atoms in total. The summed E-state index contributed by atoms with van der Waals surface area (Å²) in [5, 5.41) is 0. The van der Waals surface area contributed by atoms with E-state index in [0.717, 1.165) is 44.4 Å². The number of nitrogens with zero attached hydrogens (tertiary/aromatic N) is 4. The molecule has 0 N–H and O–H groups in total. The lowest BCUT2D eigenvalue weighted by Gasteiger charge is -2.34. The maximum absolute atomic E-state index is 5.87. The highest BCUT2D eigenvalue weighted by atomic mass is 16.5. The topological polar surface area (TPSA) is 41.5 Å². The zero-order valence-electron chi connectivity index (χ0n) is 15.4. The highest BCUT2D eigenvalue weighted by Gasteiger charge is 2.18. The van der Waals surface area contributed by atoms with Crippen LogP contribution in [0.4, 0.5) is 5.95 Å². The molecule has 0 aliphatic carbocycles. The molecule has 1 aliphatic rings. The quantitative estimate of drug-likeness (QED) is 0.674. The van der Waals surface area contributed by atoms with E-state index >= 15 is 0 Å². The molecule has 0 bridgehead atoms. The molecule has 0 unspecified atom stereocenters. The molecule has 4 rings (SSSR count). The Labute approximate surface area is 160 Å². The molecule has 1 aromatic heterocycles. The SMILES string of the molecule is c1ccc(COc2ccc(CN3CCN(c4ncccn4)CC3)cc2)cc1. The fourth-order valence-electron chi connectivity index (χ4n) is 3.25. The summed E-state index contributed by atoms with van der Waals surface area (Å²) in [4.78, 5) is 13.4. The molecule has 1 fully saturated rings. The normalized spacial score (nSPS) is 14.9. The minimum absolute atomic E-state index is 0.601. The lowest BCUT2D eigenvalue weighted by molar-refractivity contribution is 0.248. The highest BCUT2D eigenvalue weighted by molar-refractivity contribution is 5.30. The minimum atomic E-state index is 0.601. The number of rotatable bonds is 6. The van der Waals surface area contributed by atoms with Crippen LogP contribution in [-0.2, 0) is 13.2 Å². The summed E-state index contributed by atoms with van der Waals surface area (Å²) >= 11 is 0. The second kappa shape index (κ2) is 8.64. The van der Waals surface area contributed by atoms with Crippen LogP contribution in [0.3, 0.4) is 0 Å². The molecule has 0 atom stereocenters. The summed E-state index contributed by atoms with van der Waals surface area (Å²) in [6, 6.07) is 20.5. The number of ether oxygens (including phenoxy) is 1. The smallest absolute Gasteiger partial charge is 0.225 e. The molecular weight excluding hydrogens is 336 g/mol. The molecular formula is C22H24N4O. The van der Waals surface area contributed by atoms with E-state index in [2.05, 4.69) is 56.2 Å². The Balaban J connectivity index is 1.25. The largest absolute Gasteiger partial charge is 0.489 e. The summed E-state index contributed by atoms with van der Waals surface area (Å²) in [6.07, 6.45) is 3.60. The van der Waals surface area contributed by atoms with Crippen molar-refractivity contribution in [2.24, 2.45) is 0 Å². The average molecular weight is 360 g/mol. The number of benzene rings is 2. The Hall–Kier alpha value is -2.92. The second-order valence-electron chi connectivity index (χ2n) is 6.73. The van der Waals surface area contributed by atoms with Crippen molar-refractivity contribution in [3.05, 3.63) is 84.2 Å². The van der Waals surface area contributed by atoms with Crippen molar-refractivity contribution in [1.29, 1.82) is 0 Å². The van der Waals surface area contributed by atoms with Crippen LogP contribution >= 0.6 is 0 Å². The van der Waals surface area contributed by atoms with Gasteiger partial charge in [-0.3, -0.25) is 4.90 Å². The van der Waals surface area contributed by atoms with Crippen molar-refractivity contribution in [1.82, 2.24) is 14.9 Å². The van der Waals surface area contributed by atoms with Gasteiger partial charge in [0, 0.05) is 45.1 Å². The number of piperazine rings is 1. The summed E-state index contributed by atoms with van der Waals surface area (Å²) in [6.45, 7) is 5.52. The molecule has 3 aromatic rings. The summed E-state index contributed by atoms with van der Waals surface area (Å²) in [7, 11) is 0. The third-order valence-corrected chi connectivity index (χ3v) is 4.79. The van der Waals surface area contributed by atoms with Crippen molar-refractivity contribution < 1.29 is 4.74 Å². The van der Waals surface area contributed by atoms with Gasteiger partial charge in [-0.05, 0) is 29.3 Å². The van der Waals surface area contributed by atoms with Crippen molar-refractivity contribution in [2.75, 3.05) is 31.1 Å². The zero-order valence-corrected chi connectivity index (χ0v) is 15.4. The summed E-state index contributed by atoms with van der Waals surface area (Å²) in [5.74, 6) is 1.74. The number of anilines is 1. The average Bonchev–Trinajstić information content (AvgIpc) is 2.75. The van der Waals surface area contributed by atoms with Crippen LogP contribution in [-0.4, -0.2) is 41.0 Å². The number of hydrogen-bond donors (Lipinski definition) is 0. The molecule has 138 valence electrons. The van der Waals surface area contributed by atoms with Gasteiger partial charge in [0.15, 0.2) is 0 Å². The lowest BCUT2D eigenvalue weighted by Crippen LogP contribution is -2.46. The first-order chi connectivity index (χ1) is 13.4. The van der Waals surface area contributed by atoms with E-state index in [1.54, 1.807) is 12.4 Å². The molecule has 1 aliphatic heterocycles. The molecule has 2 heterocycles. The van der Waals surface area contributed by atoms with Gasteiger partial charge in [-0.1, -0.05) is 42.5 Å². The standard InChI is InChI=1S/C22H24N4O/c1-2-5-20(6-3-1)18-27-21-9-7-19(8-10-21)17-25-13-15-26(16-14-25)22-23-11-4-12-24-22/h1-12H,13-18H2. The van der Waals surface area contributed by atoms with Crippen molar-refractivity contribution in [3.63, 3.8) is 0 Å². The van der Waals surface area contributed by atoms with Crippen LogP contribution in [0.15, 0.2) is 73.1 Å².